The molecule has 6 nitrogen and oxygen atoms in total. The first-order valence-electron chi connectivity index (χ1n) is 6.88. The molecule has 1 aromatic heterocycles. The zero-order chi connectivity index (χ0) is 16.6. The minimum atomic E-state index is -0.519. The third kappa shape index (κ3) is 2.93. The number of H-pyrrole nitrogens is 1. The lowest BCUT2D eigenvalue weighted by Crippen LogP contribution is -2.28. The molecule has 3 aromatic rings. The summed E-state index contributed by atoms with van der Waals surface area (Å²) in [5.41, 5.74) is 7.63. The molecule has 23 heavy (non-hydrogen) atoms. The van der Waals surface area contributed by atoms with Crippen molar-refractivity contribution in [1.29, 1.82) is 0 Å². The normalized spacial score (nSPS) is 10.9. The first-order chi connectivity index (χ1) is 11.0. The van der Waals surface area contributed by atoms with Gasteiger partial charge in [-0.25, -0.2) is 9.36 Å². The number of nitrogens with two attached hydrogens (primary N) is 1. The van der Waals surface area contributed by atoms with E-state index in [0.717, 1.165) is 10.1 Å². The summed E-state index contributed by atoms with van der Waals surface area (Å²) in [6.07, 6.45) is 0. The number of halogens is 1. The van der Waals surface area contributed by atoms with Crippen molar-refractivity contribution >= 4 is 34.2 Å². The van der Waals surface area contributed by atoms with Gasteiger partial charge < -0.3 is 15.5 Å². The lowest BCUT2D eigenvalue weighted by Gasteiger charge is -2.07. The first kappa shape index (κ1) is 15.2. The van der Waals surface area contributed by atoms with Crippen LogP contribution in [0.15, 0.2) is 41.2 Å². The fraction of sp³-hybridized carbons (Fsp3) is 0.125. The van der Waals surface area contributed by atoms with Crippen LogP contribution in [-0.4, -0.2) is 22.1 Å². The molecule has 0 aliphatic heterocycles. The maximum absolute atomic E-state index is 12.3. The van der Waals surface area contributed by atoms with Crippen molar-refractivity contribution in [2.75, 3.05) is 12.3 Å². The largest absolute Gasteiger partial charge is 0.484 e. The standard InChI is InChI=1S/C16H14ClN3O3/c1-9-6-14-13(7-12(9)18)19-16(22)20(14)15(21)8-23-11-4-2-10(17)3-5-11/h2-7H,8,18H2,1H3,(H,19,22). The van der Waals surface area contributed by atoms with Gasteiger partial charge in [-0.05, 0) is 48.9 Å². The van der Waals surface area contributed by atoms with Gasteiger partial charge in [0, 0.05) is 10.7 Å². The predicted octanol–water partition coefficient (Wildman–Crippen LogP) is 2.59. The van der Waals surface area contributed by atoms with Crippen molar-refractivity contribution < 1.29 is 9.53 Å². The van der Waals surface area contributed by atoms with Crippen molar-refractivity contribution in [3.05, 3.63) is 57.5 Å². The molecule has 2 aromatic carbocycles. The van der Waals surface area contributed by atoms with Gasteiger partial charge in [0.1, 0.15) is 5.75 Å². The average Bonchev–Trinajstić information content (AvgIpc) is 2.82. The number of rotatable bonds is 3. The highest BCUT2D eigenvalue weighted by Crippen LogP contribution is 2.19. The first-order valence-corrected chi connectivity index (χ1v) is 7.26. The Balaban J connectivity index is 1.88. The fourth-order valence-electron chi connectivity index (χ4n) is 2.26. The lowest BCUT2D eigenvalue weighted by atomic mass is 10.2. The quantitative estimate of drug-likeness (QED) is 0.722. The number of hydrogen-bond acceptors (Lipinski definition) is 4. The van der Waals surface area contributed by atoms with Crippen LogP contribution >= 0.6 is 11.6 Å². The van der Waals surface area contributed by atoms with E-state index in [1.165, 1.54) is 0 Å². The molecule has 3 N–H and O–H groups in total. The number of nitrogen functional groups attached to an aromatic ring is 1. The van der Waals surface area contributed by atoms with E-state index < -0.39 is 11.6 Å². The summed E-state index contributed by atoms with van der Waals surface area (Å²) < 4.78 is 6.45. The molecular formula is C16H14ClN3O3. The summed E-state index contributed by atoms with van der Waals surface area (Å²) in [7, 11) is 0. The van der Waals surface area contributed by atoms with Crippen LogP contribution in [-0.2, 0) is 0 Å². The molecule has 0 amide bonds. The molecule has 7 heteroatoms. The summed E-state index contributed by atoms with van der Waals surface area (Å²) in [5.74, 6) is 0.0245. The number of fused-ring (bicyclic) bond motifs is 1. The van der Waals surface area contributed by atoms with Gasteiger partial charge in [-0.15, -0.1) is 0 Å². The molecule has 0 radical (unpaired) electrons. The van der Waals surface area contributed by atoms with Gasteiger partial charge in [0.05, 0.1) is 11.0 Å². The highest BCUT2D eigenvalue weighted by Gasteiger charge is 2.15. The fourth-order valence-corrected chi connectivity index (χ4v) is 2.39. The minimum Gasteiger partial charge on any atom is -0.484 e. The van der Waals surface area contributed by atoms with Crippen molar-refractivity contribution in [2.45, 2.75) is 6.92 Å². The van der Waals surface area contributed by atoms with Crippen LogP contribution in [0.1, 0.15) is 10.4 Å². The molecule has 1 heterocycles. The second-order valence-corrected chi connectivity index (χ2v) is 5.56. The van der Waals surface area contributed by atoms with E-state index in [4.69, 9.17) is 22.1 Å². The van der Waals surface area contributed by atoms with Crippen LogP contribution in [0.25, 0.3) is 11.0 Å². The van der Waals surface area contributed by atoms with Gasteiger partial charge >= 0.3 is 5.69 Å². The Morgan fingerprint density at radius 3 is 2.70 bits per heavy atom. The number of aromatic amines is 1. The smallest absolute Gasteiger partial charge is 0.333 e. The number of carbonyl (C=O) groups excluding carboxylic acids is 1. The van der Waals surface area contributed by atoms with Crippen LogP contribution in [0.2, 0.25) is 5.02 Å². The van der Waals surface area contributed by atoms with Gasteiger partial charge in [-0.1, -0.05) is 11.6 Å². The number of nitrogens with one attached hydrogen (secondary N) is 1. The molecule has 0 aliphatic carbocycles. The van der Waals surface area contributed by atoms with E-state index in [9.17, 15) is 9.59 Å². The highest BCUT2D eigenvalue weighted by molar-refractivity contribution is 6.30. The predicted molar refractivity (Wildman–Crippen MR) is 89.3 cm³/mol. The third-order valence-electron chi connectivity index (χ3n) is 3.50. The number of carbonyl (C=O) groups is 1. The van der Waals surface area contributed by atoms with Gasteiger partial charge in [-0.2, -0.15) is 0 Å². The zero-order valence-corrected chi connectivity index (χ0v) is 13.1. The van der Waals surface area contributed by atoms with Gasteiger partial charge in [0.15, 0.2) is 6.61 Å². The van der Waals surface area contributed by atoms with Crippen molar-refractivity contribution in [3.8, 4) is 5.75 Å². The third-order valence-corrected chi connectivity index (χ3v) is 3.75. The van der Waals surface area contributed by atoms with Gasteiger partial charge in [0.25, 0.3) is 5.91 Å². The Kier molecular flexibility index (Phi) is 3.83. The molecule has 0 unspecified atom stereocenters. The van der Waals surface area contributed by atoms with Gasteiger partial charge in [0.2, 0.25) is 0 Å². The second-order valence-electron chi connectivity index (χ2n) is 5.13. The summed E-state index contributed by atoms with van der Waals surface area (Å²) in [6, 6.07) is 9.95. The zero-order valence-electron chi connectivity index (χ0n) is 12.3. The maximum atomic E-state index is 12.3. The van der Waals surface area contributed by atoms with E-state index in [-0.39, 0.29) is 6.61 Å². The second kappa shape index (κ2) is 5.81. The molecule has 118 valence electrons. The molecule has 0 fully saturated rings. The van der Waals surface area contributed by atoms with Crippen molar-refractivity contribution in [2.24, 2.45) is 0 Å². The van der Waals surface area contributed by atoms with E-state index in [1.807, 2.05) is 6.92 Å². The van der Waals surface area contributed by atoms with Gasteiger partial charge in [-0.3, -0.25) is 4.79 Å². The van der Waals surface area contributed by atoms with E-state index in [2.05, 4.69) is 4.98 Å². The van der Waals surface area contributed by atoms with Crippen LogP contribution in [0.3, 0.4) is 0 Å². The summed E-state index contributed by atoms with van der Waals surface area (Å²) in [6.45, 7) is 1.54. The number of anilines is 1. The Labute approximate surface area is 136 Å². The van der Waals surface area contributed by atoms with E-state index in [1.54, 1.807) is 36.4 Å². The molecule has 0 atom stereocenters. The molecular weight excluding hydrogens is 318 g/mol. The Hall–Kier alpha value is -2.73. The Bertz CT molecular complexity index is 942. The molecule has 0 aliphatic rings. The Morgan fingerprint density at radius 1 is 1.30 bits per heavy atom. The minimum absolute atomic E-state index is 0.266. The van der Waals surface area contributed by atoms with Crippen molar-refractivity contribution in [1.82, 2.24) is 9.55 Å². The molecule has 0 saturated heterocycles. The number of hydrogen-bond donors (Lipinski definition) is 2. The summed E-state index contributed by atoms with van der Waals surface area (Å²) in [4.78, 5) is 27.0. The van der Waals surface area contributed by atoms with Crippen LogP contribution in [0, 0.1) is 6.92 Å². The number of aryl methyl sites for hydroxylation is 1. The van der Waals surface area contributed by atoms with Crippen molar-refractivity contribution in [3.63, 3.8) is 0 Å². The number of nitrogens with zero attached hydrogens (tertiary/aromatic N) is 1. The number of benzene rings is 2. The van der Waals surface area contributed by atoms with Crippen LogP contribution < -0.4 is 16.2 Å². The summed E-state index contributed by atoms with van der Waals surface area (Å²) >= 11 is 5.79. The number of aromatic nitrogens is 2. The number of ether oxygens (including phenoxy) is 1. The van der Waals surface area contributed by atoms with E-state index >= 15 is 0 Å². The maximum Gasteiger partial charge on any atom is 0.333 e. The molecule has 0 bridgehead atoms. The average molecular weight is 332 g/mol. The summed E-state index contributed by atoms with van der Waals surface area (Å²) in [5, 5.41) is 0.574. The highest BCUT2D eigenvalue weighted by atomic mass is 35.5. The SMILES string of the molecule is Cc1cc2c(cc1N)[nH]c(=O)n2C(=O)COc1ccc(Cl)cc1. The monoisotopic (exact) mass is 331 g/mol. The lowest BCUT2D eigenvalue weighted by molar-refractivity contribution is 0.0839. The molecule has 0 saturated carbocycles. The number of imidazole rings is 1. The molecule has 0 spiro atoms. The Morgan fingerprint density at radius 2 is 2.00 bits per heavy atom. The molecule has 3 rings (SSSR count). The van der Waals surface area contributed by atoms with Crippen LogP contribution in [0.4, 0.5) is 5.69 Å². The van der Waals surface area contributed by atoms with E-state index in [0.29, 0.717) is 27.5 Å². The topological polar surface area (TPSA) is 90.1 Å². The van der Waals surface area contributed by atoms with Crippen LogP contribution in [0.5, 0.6) is 5.75 Å².